The summed E-state index contributed by atoms with van der Waals surface area (Å²) >= 11 is 0. The molecule has 1 saturated heterocycles. The highest BCUT2D eigenvalue weighted by Crippen LogP contribution is 2.39. The summed E-state index contributed by atoms with van der Waals surface area (Å²) in [6.45, 7) is 1.91. The van der Waals surface area contributed by atoms with E-state index in [1.165, 1.54) is 5.57 Å². The van der Waals surface area contributed by atoms with Crippen molar-refractivity contribution < 1.29 is 4.74 Å². The Bertz CT molecular complexity index is 472. The van der Waals surface area contributed by atoms with E-state index in [-0.39, 0.29) is 6.10 Å². The van der Waals surface area contributed by atoms with Crippen LogP contribution in [0.4, 0.5) is 0 Å². The first-order valence-corrected chi connectivity index (χ1v) is 7.92. The van der Waals surface area contributed by atoms with Crippen LogP contribution in [0, 0.1) is 17.8 Å². The van der Waals surface area contributed by atoms with Crippen LogP contribution in [-0.4, -0.2) is 38.3 Å². The van der Waals surface area contributed by atoms with Crippen molar-refractivity contribution in [1.29, 1.82) is 0 Å². The first-order valence-electron chi connectivity index (χ1n) is 7.92. The van der Waals surface area contributed by atoms with Crippen LogP contribution in [0.15, 0.2) is 60.3 Å². The van der Waals surface area contributed by atoms with E-state index in [9.17, 15) is 0 Å². The summed E-state index contributed by atoms with van der Waals surface area (Å²) in [7, 11) is 4.26. The fraction of sp³-hybridized carbons (Fsp3) is 0.474. The summed E-state index contributed by atoms with van der Waals surface area (Å²) in [5.41, 5.74) is 1.53. The number of fused-ring (bicyclic) bond motifs is 2. The van der Waals surface area contributed by atoms with Gasteiger partial charge in [0.05, 0.1) is 12.7 Å². The zero-order valence-electron chi connectivity index (χ0n) is 13.0. The molecule has 21 heavy (non-hydrogen) atoms. The largest absolute Gasteiger partial charge is 0.373 e. The van der Waals surface area contributed by atoms with Crippen LogP contribution in [0.25, 0.3) is 0 Å². The van der Waals surface area contributed by atoms with Crippen molar-refractivity contribution in [2.45, 2.75) is 12.5 Å². The molecule has 3 rings (SSSR count). The van der Waals surface area contributed by atoms with E-state index < -0.39 is 0 Å². The van der Waals surface area contributed by atoms with Crippen LogP contribution in [0.5, 0.6) is 0 Å². The molecule has 0 bridgehead atoms. The Morgan fingerprint density at radius 3 is 2.57 bits per heavy atom. The molecule has 0 amide bonds. The van der Waals surface area contributed by atoms with Crippen molar-refractivity contribution in [3.8, 4) is 0 Å². The van der Waals surface area contributed by atoms with Crippen LogP contribution in [0.1, 0.15) is 6.42 Å². The number of hydrogen-bond donors (Lipinski definition) is 0. The zero-order chi connectivity index (χ0) is 14.7. The SMILES string of the molecule is CN(C)CC/C=C1/C2C=CC=CC2COC2C=CC=CC12. The van der Waals surface area contributed by atoms with E-state index in [4.69, 9.17) is 4.74 Å². The highest BCUT2D eigenvalue weighted by atomic mass is 16.5. The average Bonchev–Trinajstić information content (AvgIpc) is 2.65. The van der Waals surface area contributed by atoms with Gasteiger partial charge in [-0.05, 0) is 20.5 Å². The highest BCUT2D eigenvalue weighted by Gasteiger charge is 2.35. The van der Waals surface area contributed by atoms with Crippen molar-refractivity contribution in [2.24, 2.45) is 17.8 Å². The number of allylic oxidation sites excluding steroid dienone is 5. The molecular formula is C19H25NO. The average molecular weight is 283 g/mol. The lowest BCUT2D eigenvalue weighted by Crippen LogP contribution is -2.23. The lowest BCUT2D eigenvalue weighted by Gasteiger charge is -2.28. The summed E-state index contributed by atoms with van der Waals surface area (Å²) in [6, 6.07) is 0. The molecule has 4 unspecified atom stereocenters. The second-order valence-corrected chi connectivity index (χ2v) is 6.35. The highest BCUT2D eigenvalue weighted by molar-refractivity contribution is 5.34. The molecule has 2 aliphatic carbocycles. The molecule has 4 atom stereocenters. The van der Waals surface area contributed by atoms with Gasteiger partial charge in [-0.1, -0.05) is 60.3 Å². The van der Waals surface area contributed by atoms with Gasteiger partial charge < -0.3 is 9.64 Å². The third kappa shape index (κ3) is 3.28. The van der Waals surface area contributed by atoms with Crippen molar-refractivity contribution in [2.75, 3.05) is 27.2 Å². The summed E-state index contributed by atoms with van der Waals surface area (Å²) in [4.78, 5) is 2.24. The summed E-state index contributed by atoms with van der Waals surface area (Å²) in [5.74, 6) is 1.36. The quantitative estimate of drug-likeness (QED) is 0.736. The van der Waals surface area contributed by atoms with Gasteiger partial charge in [-0.3, -0.25) is 0 Å². The molecule has 1 fully saturated rings. The van der Waals surface area contributed by atoms with Gasteiger partial charge in [0.15, 0.2) is 0 Å². The maximum atomic E-state index is 6.16. The predicted molar refractivity (Wildman–Crippen MR) is 88.0 cm³/mol. The molecule has 0 aromatic carbocycles. The van der Waals surface area contributed by atoms with E-state index in [1.807, 2.05) is 0 Å². The minimum atomic E-state index is 0.202. The smallest absolute Gasteiger partial charge is 0.0859 e. The molecule has 0 saturated carbocycles. The molecule has 2 nitrogen and oxygen atoms in total. The fourth-order valence-corrected chi connectivity index (χ4v) is 3.42. The van der Waals surface area contributed by atoms with Crippen LogP contribution >= 0.6 is 0 Å². The van der Waals surface area contributed by atoms with Crippen LogP contribution in [0.3, 0.4) is 0 Å². The molecule has 3 aliphatic rings. The third-order valence-corrected chi connectivity index (χ3v) is 4.54. The Hall–Kier alpha value is -1.38. The molecule has 1 aliphatic heterocycles. The van der Waals surface area contributed by atoms with Gasteiger partial charge in [-0.2, -0.15) is 0 Å². The molecule has 0 spiro atoms. The normalized spacial score (nSPS) is 35.9. The van der Waals surface area contributed by atoms with E-state index in [1.54, 1.807) is 0 Å². The second kappa shape index (κ2) is 6.59. The standard InChI is InChI=1S/C19H25NO/c1-20(2)13-7-11-17-16-9-4-3-8-15(16)14-21-19-12-6-5-10-18(17)19/h3-6,8-12,15-16,18-19H,7,13-14H2,1-2H3/b17-11-. The minimum absolute atomic E-state index is 0.202. The number of rotatable bonds is 3. The topological polar surface area (TPSA) is 12.5 Å². The van der Waals surface area contributed by atoms with Gasteiger partial charge in [-0.15, -0.1) is 0 Å². The van der Waals surface area contributed by atoms with Gasteiger partial charge >= 0.3 is 0 Å². The lowest BCUT2D eigenvalue weighted by atomic mass is 9.76. The van der Waals surface area contributed by atoms with Crippen molar-refractivity contribution >= 4 is 0 Å². The number of nitrogens with zero attached hydrogens (tertiary/aromatic N) is 1. The molecule has 112 valence electrons. The molecule has 0 aromatic heterocycles. The fourth-order valence-electron chi connectivity index (χ4n) is 3.42. The summed E-state index contributed by atoms with van der Waals surface area (Å²) in [6.07, 6.45) is 21.5. The molecular weight excluding hydrogens is 258 g/mol. The molecule has 2 heteroatoms. The van der Waals surface area contributed by atoms with E-state index in [0.717, 1.165) is 19.6 Å². The molecule has 0 radical (unpaired) electrons. The Kier molecular flexibility index (Phi) is 4.57. The summed E-state index contributed by atoms with van der Waals surface area (Å²) < 4.78 is 6.16. The Morgan fingerprint density at radius 2 is 1.76 bits per heavy atom. The Morgan fingerprint density at radius 1 is 1.05 bits per heavy atom. The monoisotopic (exact) mass is 283 g/mol. The first-order chi connectivity index (χ1) is 10.3. The van der Waals surface area contributed by atoms with Gasteiger partial charge in [-0.25, -0.2) is 0 Å². The van der Waals surface area contributed by atoms with E-state index in [2.05, 4.69) is 73.7 Å². The van der Waals surface area contributed by atoms with Gasteiger partial charge in [0.1, 0.15) is 0 Å². The van der Waals surface area contributed by atoms with Crippen molar-refractivity contribution in [3.05, 3.63) is 60.3 Å². The Labute approximate surface area is 128 Å². The van der Waals surface area contributed by atoms with Crippen LogP contribution in [0.2, 0.25) is 0 Å². The van der Waals surface area contributed by atoms with Crippen LogP contribution < -0.4 is 0 Å². The van der Waals surface area contributed by atoms with Crippen molar-refractivity contribution in [1.82, 2.24) is 4.90 Å². The predicted octanol–water partition coefficient (Wildman–Crippen LogP) is 3.36. The molecule has 0 aromatic rings. The van der Waals surface area contributed by atoms with Crippen LogP contribution in [-0.2, 0) is 4.74 Å². The number of ether oxygens (including phenoxy) is 1. The number of hydrogen-bond acceptors (Lipinski definition) is 2. The van der Waals surface area contributed by atoms with Gasteiger partial charge in [0.2, 0.25) is 0 Å². The molecule has 1 heterocycles. The van der Waals surface area contributed by atoms with Gasteiger partial charge in [0.25, 0.3) is 0 Å². The molecule has 0 N–H and O–H groups in total. The Balaban J connectivity index is 1.88. The van der Waals surface area contributed by atoms with E-state index >= 15 is 0 Å². The lowest BCUT2D eigenvalue weighted by molar-refractivity contribution is 0.0619. The summed E-state index contributed by atoms with van der Waals surface area (Å²) in [5, 5.41) is 0. The zero-order valence-corrected chi connectivity index (χ0v) is 13.0. The maximum absolute atomic E-state index is 6.16. The second-order valence-electron chi connectivity index (χ2n) is 6.35. The minimum Gasteiger partial charge on any atom is -0.373 e. The maximum Gasteiger partial charge on any atom is 0.0859 e. The van der Waals surface area contributed by atoms with Gasteiger partial charge in [0, 0.05) is 24.3 Å². The van der Waals surface area contributed by atoms with E-state index in [0.29, 0.717) is 17.8 Å². The first kappa shape index (κ1) is 14.6. The third-order valence-electron chi connectivity index (χ3n) is 4.54. The van der Waals surface area contributed by atoms with Crippen molar-refractivity contribution in [3.63, 3.8) is 0 Å².